The molecule has 1 aromatic rings. The SMILES string of the molecule is CC(C)C(=O)N[C@H]1CCCN(C(=O)CCc2ccccc2O)C1. The number of aryl methyl sites for hydroxylation is 1. The first-order chi connectivity index (χ1) is 11.0. The van der Waals surface area contributed by atoms with E-state index in [0.717, 1.165) is 24.9 Å². The number of piperidine rings is 1. The number of benzene rings is 1. The van der Waals surface area contributed by atoms with Gasteiger partial charge in [-0.3, -0.25) is 9.59 Å². The van der Waals surface area contributed by atoms with E-state index in [0.29, 0.717) is 19.4 Å². The zero-order valence-electron chi connectivity index (χ0n) is 13.9. The highest BCUT2D eigenvalue weighted by Gasteiger charge is 2.25. The molecule has 1 aliphatic rings. The Labute approximate surface area is 137 Å². The highest BCUT2D eigenvalue weighted by atomic mass is 16.3. The van der Waals surface area contributed by atoms with Crippen LogP contribution in [-0.2, 0) is 16.0 Å². The van der Waals surface area contributed by atoms with Gasteiger partial charge in [0.2, 0.25) is 11.8 Å². The van der Waals surface area contributed by atoms with Crippen LogP contribution < -0.4 is 5.32 Å². The first-order valence-electron chi connectivity index (χ1n) is 8.32. The molecule has 2 rings (SSSR count). The van der Waals surface area contributed by atoms with Crippen molar-refractivity contribution in [2.45, 2.75) is 45.6 Å². The predicted molar refractivity (Wildman–Crippen MR) is 89.0 cm³/mol. The summed E-state index contributed by atoms with van der Waals surface area (Å²) in [6.07, 6.45) is 2.74. The largest absolute Gasteiger partial charge is 0.508 e. The Balaban J connectivity index is 1.84. The Morgan fingerprint density at radius 3 is 2.78 bits per heavy atom. The Kier molecular flexibility index (Phi) is 6.02. The van der Waals surface area contributed by atoms with Crippen molar-refractivity contribution in [3.63, 3.8) is 0 Å². The zero-order chi connectivity index (χ0) is 16.8. The molecular formula is C18H26N2O3. The summed E-state index contributed by atoms with van der Waals surface area (Å²) >= 11 is 0. The number of aromatic hydroxyl groups is 1. The lowest BCUT2D eigenvalue weighted by Gasteiger charge is -2.33. The van der Waals surface area contributed by atoms with Crippen molar-refractivity contribution in [3.8, 4) is 5.75 Å². The summed E-state index contributed by atoms with van der Waals surface area (Å²) in [5.74, 6) is 0.318. The molecule has 1 heterocycles. The first kappa shape index (κ1) is 17.3. The summed E-state index contributed by atoms with van der Waals surface area (Å²) in [5.41, 5.74) is 0.794. The second-order valence-corrected chi connectivity index (χ2v) is 6.47. The highest BCUT2D eigenvalue weighted by molar-refractivity contribution is 5.79. The van der Waals surface area contributed by atoms with E-state index in [4.69, 9.17) is 0 Å². The van der Waals surface area contributed by atoms with Gasteiger partial charge in [0.15, 0.2) is 0 Å². The number of rotatable bonds is 5. The molecule has 0 aliphatic carbocycles. The number of carbonyl (C=O) groups excluding carboxylic acids is 2. The third-order valence-corrected chi connectivity index (χ3v) is 4.24. The van der Waals surface area contributed by atoms with E-state index in [1.807, 2.05) is 30.9 Å². The van der Waals surface area contributed by atoms with E-state index in [9.17, 15) is 14.7 Å². The smallest absolute Gasteiger partial charge is 0.222 e. The molecule has 1 fully saturated rings. The van der Waals surface area contributed by atoms with E-state index in [2.05, 4.69) is 5.32 Å². The van der Waals surface area contributed by atoms with Gasteiger partial charge < -0.3 is 15.3 Å². The number of para-hydroxylation sites is 1. The summed E-state index contributed by atoms with van der Waals surface area (Å²) in [4.78, 5) is 26.0. The minimum absolute atomic E-state index is 0.0397. The van der Waals surface area contributed by atoms with Crippen LogP contribution >= 0.6 is 0 Å². The van der Waals surface area contributed by atoms with Crippen LogP contribution in [0.5, 0.6) is 5.75 Å². The molecule has 5 heteroatoms. The summed E-state index contributed by atoms with van der Waals surface area (Å²) in [7, 11) is 0. The zero-order valence-corrected chi connectivity index (χ0v) is 13.9. The van der Waals surface area contributed by atoms with Gasteiger partial charge in [0.1, 0.15) is 5.75 Å². The van der Waals surface area contributed by atoms with Crippen LogP contribution in [-0.4, -0.2) is 41.0 Å². The average molecular weight is 318 g/mol. The van der Waals surface area contributed by atoms with Crippen LogP contribution in [0.15, 0.2) is 24.3 Å². The molecule has 0 bridgehead atoms. The third-order valence-electron chi connectivity index (χ3n) is 4.24. The maximum Gasteiger partial charge on any atom is 0.222 e. The molecule has 0 radical (unpaired) electrons. The molecule has 1 atom stereocenters. The van der Waals surface area contributed by atoms with Gasteiger partial charge in [0, 0.05) is 31.5 Å². The predicted octanol–water partition coefficient (Wildman–Crippen LogP) is 2.09. The van der Waals surface area contributed by atoms with Gasteiger partial charge in [0.05, 0.1) is 0 Å². The van der Waals surface area contributed by atoms with Crippen LogP contribution in [0.4, 0.5) is 0 Å². The number of amides is 2. The van der Waals surface area contributed by atoms with Crippen LogP contribution in [0.1, 0.15) is 38.7 Å². The Hall–Kier alpha value is -2.04. The number of nitrogens with zero attached hydrogens (tertiary/aromatic N) is 1. The van der Waals surface area contributed by atoms with Crippen molar-refractivity contribution in [2.24, 2.45) is 5.92 Å². The molecule has 0 saturated carbocycles. The van der Waals surface area contributed by atoms with Crippen molar-refractivity contribution in [2.75, 3.05) is 13.1 Å². The van der Waals surface area contributed by atoms with Crippen molar-refractivity contribution in [1.29, 1.82) is 0 Å². The maximum atomic E-state index is 12.4. The number of phenolic OH excluding ortho intramolecular Hbond substituents is 1. The third kappa shape index (κ3) is 4.98. The fraction of sp³-hybridized carbons (Fsp3) is 0.556. The van der Waals surface area contributed by atoms with Crippen LogP contribution in [0.2, 0.25) is 0 Å². The number of hydrogen-bond acceptors (Lipinski definition) is 3. The lowest BCUT2D eigenvalue weighted by atomic mass is 10.0. The second kappa shape index (κ2) is 7.99. The Morgan fingerprint density at radius 2 is 2.09 bits per heavy atom. The standard InChI is InChI=1S/C18H26N2O3/c1-13(2)18(23)19-15-7-5-11-20(12-15)17(22)10-9-14-6-3-4-8-16(14)21/h3-4,6,8,13,15,21H,5,7,9-12H2,1-2H3,(H,19,23)/t15-/m0/s1. The van der Waals surface area contributed by atoms with Gasteiger partial charge in [-0.25, -0.2) is 0 Å². The average Bonchev–Trinajstić information content (AvgIpc) is 2.54. The van der Waals surface area contributed by atoms with Gasteiger partial charge in [-0.15, -0.1) is 0 Å². The number of hydrogen-bond donors (Lipinski definition) is 2. The fourth-order valence-corrected chi connectivity index (χ4v) is 2.81. The van der Waals surface area contributed by atoms with E-state index in [1.165, 1.54) is 0 Å². The van der Waals surface area contributed by atoms with Gasteiger partial charge in [-0.1, -0.05) is 32.0 Å². The molecule has 1 saturated heterocycles. The minimum atomic E-state index is -0.0397. The summed E-state index contributed by atoms with van der Waals surface area (Å²) in [6.45, 7) is 5.06. The molecule has 2 N–H and O–H groups in total. The van der Waals surface area contributed by atoms with Crippen molar-refractivity contribution in [3.05, 3.63) is 29.8 Å². The summed E-state index contributed by atoms with van der Waals surface area (Å²) in [6, 6.07) is 7.15. The van der Waals surface area contributed by atoms with Crippen molar-refractivity contribution < 1.29 is 14.7 Å². The topological polar surface area (TPSA) is 69.6 Å². The molecule has 23 heavy (non-hydrogen) atoms. The van der Waals surface area contributed by atoms with Gasteiger partial charge in [-0.05, 0) is 30.9 Å². The van der Waals surface area contributed by atoms with Crippen molar-refractivity contribution >= 4 is 11.8 Å². The van der Waals surface area contributed by atoms with Gasteiger partial charge in [0.25, 0.3) is 0 Å². The van der Waals surface area contributed by atoms with Gasteiger partial charge in [-0.2, -0.15) is 0 Å². The summed E-state index contributed by atoms with van der Waals surface area (Å²) in [5, 5.41) is 12.8. The molecule has 0 aromatic heterocycles. The molecule has 1 aromatic carbocycles. The van der Waals surface area contributed by atoms with E-state index >= 15 is 0 Å². The van der Waals surface area contributed by atoms with Crippen LogP contribution in [0.3, 0.4) is 0 Å². The van der Waals surface area contributed by atoms with Gasteiger partial charge >= 0.3 is 0 Å². The molecule has 2 amide bonds. The van der Waals surface area contributed by atoms with E-state index < -0.39 is 0 Å². The Morgan fingerprint density at radius 1 is 1.35 bits per heavy atom. The molecule has 0 unspecified atom stereocenters. The first-order valence-corrected chi connectivity index (χ1v) is 8.32. The van der Waals surface area contributed by atoms with Crippen LogP contribution in [0, 0.1) is 5.92 Å². The lowest BCUT2D eigenvalue weighted by molar-refractivity contribution is -0.134. The Bertz CT molecular complexity index is 557. The monoisotopic (exact) mass is 318 g/mol. The molecule has 126 valence electrons. The summed E-state index contributed by atoms with van der Waals surface area (Å²) < 4.78 is 0. The molecular weight excluding hydrogens is 292 g/mol. The fourth-order valence-electron chi connectivity index (χ4n) is 2.81. The van der Waals surface area contributed by atoms with Crippen molar-refractivity contribution in [1.82, 2.24) is 10.2 Å². The molecule has 0 spiro atoms. The molecule has 5 nitrogen and oxygen atoms in total. The van der Waals surface area contributed by atoms with E-state index in [1.54, 1.807) is 12.1 Å². The highest BCUT2D eigenvalue weighted by Crippen LogP contribution is 2.19. The number of nitrogens with one attached hydrogen (secondary N) is 1. The normalized spacial score (nSPS) is 18.0. The number of carbonyl (C=O) groups is 2. The maximum absolute atomic E-state index is 12.4. The minimum Gasteiger partial charge on any atom is -0.508 e. The van der Waals surface area contributed by atoms with E-state index in [-0.39, 0.29) is 29.5 Å². The van der Waals surface area contributed by atoms with Crippen LogP contribution in [0.25, 0.3) is 0 Å². The second-order valence-electron chi connectivity index (χ2n) is 6.47. The lowest BCUT2D eigenvalue weighted by Crippen LogP contribution is -2.50. The number of phenols is 1. The molecule has 1 aliphatic heterocycles. The quantitative estimate of drug-likeness (QED) is 0.873. The number of likely N-dealkylation sites (tertiary alicyclic amines) is 1.